The number of hydrogen-bond acceptors (Lipinski definition) is 5. The summed E-state index contributed by atoms with van der Waals surface area (Å²) in [5.74, 6) is 0.593. The summed E-state index contributed by atoms with van der Waals surface area (Å²) in [6, 6.07) is 7.50. The fraction of sp³-hybridized carbons (Fsp3) is 0.250. The third-order valence-corrected chi connectivity index (χ3v) is 4.22. The monoisotopic (exact) mass is 337 g/mol. The number of fused-ring (bicyclic) bond motifs is 1. The Morgan fingerprint density at radius 1 is 1.12 bits per heavy atom. The van der Waals surface area contributed by atoms with Gasteiger partial charge in [-0.3, -0.25) is 9.78 Å². The molecule has 0 spiro atoms. The lowest BCUT2D eigenvalue weighted by molar-refractivity contribution is -0.116. The molecule has 2 heterocycles. The van der Waals surface area contributed by atoms with Crippen LogP contribution in [0.2, 0.25) is 0 Å². The van der Waals surface area contributed by atoms with E-state index in [4.69, 9.17) is 9.15 Å². The molecule has 0 saturated carbocycles. The van der Waals surface area contributed by atoms with Crippen molar-refractivity contribution in [1.82, 2.24) is 4.98 Å². The van der Waals surface area contributed by atoms with E-state index in [9.17, 15) is 9.59 Å². The van der Waals surface area contributed by atoms with Crippen LogP contribution in [-0.2, 0) is 17.8 Å². The largest absolute Gasteiger partial charge is 0.488 e. The van der Waals surface area contributed by atoms with Gasteiger partial charge < -0.3 is 9.15 Å². The third kappa shape index (κ3) is 3.45. The number of nitrogens with zero attached hydrogens (tertiary/aromatic N) is 1. The van der Waals surface area contributed by atoms with Crippen LogP contribution in [-0.4, -0.2) is 10.8 Å². The van der Waals surface area contributed by atoms with Crippen LogP contribution in [0.1, 0.15) is 29.2 Å². The second kappa shape index (κ2) is 6.89. The number of Topliss-reactive ketones (excluding diaryl/α,β-unsaturated/α-hetero) is 1. The first-order chi connectivity index (χ1) is 12.0. The summed E-state index contributed by atoms with van der Waals surface area (Å²) in [5.41, 5.74) is 3.01. The van der Waals surface area contributed by atoms with E-state index in [-0.39, 0.29) is 12.2 Å². The molecule has 0 aliphatic carbocycles. The molecule has 0 aliphatic heterocycles. The molecule has 2 aromatic heterocycles. The van der Waals surface area contributed by atoms with E-state index in [1.54, 1.807) is 12.4 Å². The van der Waals surface area contributed by atoms with E-state index in [1.807, 2.05) is 38.1 Å². The summed E-state index contributed by atoms with van der Waals surface area (Å²) in [7, 11) is 0. The molecule has 128 valence electrons. The maximum atomic E-state index is 12.3. The molecule has 3 rings (SSSR count). The van der Waals surface area contributed by atoms with Crippen LogP contribution in [0, 0.1) is 13.8 Å². The van der Waals surface area contributed by atoms with Gasteiger partial charge in [0.15, 0.2) is 0 Å². The van der Waals surface area contributed by atoms with Gasteiger partial charge in [-0.15, -0.1) is 0 Å². The van der Waals surface area contributed by atoms with Gasteiger partial charge in [-0.25, -0.2) is 4.79 Å². The van der Waals surface area contributed by atoms with E-state index >= 15 is 0 Å². The lowest BCUT2D eigenvalue weighted by Gasteiger charge is -2.13. The van der Waals surface area contributed by atoms with E-state index in [2.05, 4.69) is 4.98 Å². The first-order valence-electron chi connectivity index (χ1n) is 8.04. The Kier molecular flexibility index (Phi) is 4.65. The van der Waals surface area contributed by atoms with Crippen molar-refractivity contribution in [2.45, 2.75) is 33.8 Å². The van der Waals surface area contributed by atoms with Crippen molar-refractivity contribution in [3.8, 4) is 5.75 Å². The summed E-state index contributed by atoms with van der Waals surface area (Å²) in [6.07, 6.45) is 3.51. The van der Waals surface area contributed by atoms with E-state index in [0.717, 1.165) is 22.1 Å². The van der Waals surface area contributed by atoms with Gasteiger partial charge in [0.1, 0.15) is 23.7 Å². The van der Waals surface area contributed by atoms with Crippen LogP contribution in [0.15, 0.2) is 45.9 Å². The topological polar surface area (TPSA) is 69.4 Å². The minimum atomic E-state index is -0.463. The second-order valence-corrected chi connectivity index (χ2v) is 6.08. The van der Waals surface area contributed by atoms with Gasteiger partial charge in [0.05, 0.1) is 0 Å². The highest BCUT2D eigenvalue weighted by Crippen LogP contribution is 2.30. The molecule has 0 fully saturated rings. The normalized spacial score (nSPS) is 10.8. The number of pyridine rings is 1. The molecular formula is C20H19NO4. The Hall–Kier alpha value is -2.95. The number of ketones is 1. The van der Waals surface area contributed by atoms with Crippen molar-refractivity contribution in [1.29, 1.82) is 0 Å². The summed E-state index contributed by atoms with van der Waals surface area (Å²) < 4.78 is 11.4. The molecule has 0 atom stereocenters. The molecule has 0 amide bonds. The van der Waals surface area contributed by atoms with Gasteiger partial charge in [-0.2, -0.15) is 0 Å². The molecule has 25 heavy (non-hydrogen) atoms. The Morgan fingerprint density at radius 3 is 2.52 bits per heavy atom. The number of aryl methyl sites for hydroxylation is 2. The molecule has 5 heteroatoms. The second-order valence-electron chi connectivity index (χ2n) is 6.08. The molecular weight excluding hydrogens is 318 g/mol. The van der Waals surface area contributed by atoms with Crippen molar-refractivity contribution in [2.75, 3.05) is 0 Å². The smallest absolute Gasteiger partial charge is 0.340 e. The molecule has 0 aliphatic rings. The number of aromatic nitrogens is 1. The predicted molar refractivity (Wildman–Crippen MR) is 94.9 cm³/mol. The average molecular weight is 337 g/mol. The number of hydrogen-bond donors (Lipinski definition) is 0. The van der Waals surface area contributed by atoms with Crippen molar-refractivity contribution in [3.05, 3.63) is 69.3 Å². The Balaban J connectivity index is 2.00. The SMILES string of the molecule is CC(=O)Cc1c(C)c2ccc(OCc3ccncc3)c(C)c2oc1=O. The molecule has 5 nitrogen and oxygen atoms in total. The van der Waals surface area contributed by atoms with Crippen molar-refractivity contribution in [3.63, 3.8) is 0 Å². The molecule has 3 aromatic rings. The van der Waals surface area contributed by atoms with Gasteiger partial charge in [-0.05, 0) is 56.2 Å². The number of ether oxygens (including phenoxy) is 1. The van der Waals surface area contributed by atoms with Crippen LogP contribution in [0.5, 0.6) is 5.75 Å². The summed E-state index contributed by atoms with van der Waals surface area (Å²) in [4.78, 5) is 27.6. The van der Waals surface area contributed by atoms with E-state index < -0.39 is 5.63 Å². The van der Waals surface area contributed by atoms with E-state index in [0.29, 0.717) is 23.5 Å². The Morgan fingerprint density at radius 2 is 1.84 bits per heavy atom. The maximum absolute atomic E-state index is 12.3. The minimum absolute atomic E-state index is 0.0659. The van der Waals surface area contributed by atoms with Crippen LogP contribution >= 0.6 is 0 Å². The van der Waals surface area contributed by atoms with Gasteiger partial charge in [0, 0.05) is 35.3 Å². The number of carbonyl (C=O) groups excluding carboxylic acids is 1. The predicted octanol–water partition coefficient (Wildman–Crippen LogP) is 3.52. The van der Waals surface area contributed by atoms with Crippen LogP contribution in [0.25, 0.3) is 11.0 Å². The maximum Gasteiger partial charge on any atom is 0.340 e. The Labute approximate surface area is 145 Å². The first-order valence-corrected chi connectivity index (χ1v) is 8.04. The molecule has 1 aromatic carbocycles. The van der Waals surface area contributed by atoms with Crippen molar-refractivity contribution < 1.29 is 13.9 Å². The van der Waals surface area contributed by atoms with Crippen LogP contribution in [0.4, 0.5) is 0 Å². The minimum Gasteiger partial charge on any atom is -0.488 e. The zero-order chi connectivity index (χ0) is 18.0. The van der Waals surface area contributed by atoms with Gasteiger partial charge >= 0.3 is 5.63 Å². The molecule has 0 radical (unpaired) electrons. The Bertz CT molecular complexity index is 990. The highest BCUT2D eigenvalue weighted by molar-refractivity contribution is 5.87. The molecule has 0 unspecified atom stereocenters. The molecule has 0 saturated heterocycles. The molecule has 0 bridgehead atoms. The lowest BCUT2D eigenvalue weighted by Crippen LogP contribution is -2.14. The highest BCUT2D eigenvalue weighted by Gasteiger charge is 2.16. The summed E-state index contributed by atoms with van der Waals surface area (Å²) in [5, 5.41) is 0.824. The zero-order valence-electron chi connectivity index (χ0n) is 14.5. The van der Waals surface area contributed by atoms with Crippen molar-refractivity contribution in [2.24, 2.45) is 0 Å². The highest BCUT2D eigenvalue weighted by atomic mass is 16.5. The standard InChI is InChI=1S/C20H19NO4/c1-12(22)10-17-13(2)16-4-5-18(14(3)19(16)25-20(17)23)24-11-15-6-8-21-9-7-15/h4-9H,10-11H2,1-3H3. The van der Waals surface area contributed by atoms with Gasteiger partial charge in [0.25, 0.3) is 0 Å². The summed E-state index contributed by atoms with van der Waals surface area (Å²) in [6.45, 7) is 5.57. The van der Waals surface area contributed by atoms with Gasteiger partial charge in [-0.1, -0.05) is 0 Å². The summed E-state index contributed by atoms with van der Waals surface area (Å²) >= 11 is 0. The van der Waals surface area contributed by atoms with Gasteiger partial charge in [0.2, 0.25) is 0 Å². The number of carbonyl (C=O) groups is 1. The fourth-order valence-electron chi connectivity index (χ4n) is 2.82. The number of benzene rings is 1. The fourth-order valence-corrected chi connectivity index (χ4v) is 2.82. The average Bonchev–Trinajstić information content (AvgIpc) is 2.59. The van der Waals surface area contributed by atoms with Crippen LogP contribution < -0.4 is 10.4 Å². The number of rotatable bonds is 5. The lowest BCUT2D eigenvalue weighted by atomic mass is 10.0. The zero-order valence-corrected chi connectivity index (χ0v) is 14.5. The quantitative estimate of drug-likeness (QED) is 0.666. The van der Waals surface area contributed by atoms with Crippen molar-refractivity contribution >= 4 is 16.8 Å². The van der Waals surface area contributed by atoms with E-state index in [1.165, 1.54) is 6.92 Å². The molecule has 0 N–H and O–H groups in total. The van der Waals surface area contributed by atoms with Crippen LogP contribution in [0.3, 0.4) is 0 Å². The third-order valence-electron chi connectivity index (χ3n) is 4.22. The first kappa shape index (κ1) is 16.9.